The minimum Gasteiger partial charge on any atom is -0.466 e. The number of carbonyl (C=O) groups excluding carboxylic acids is 2. The molecule has 4 nitrogen and oxygen atoms in total. The van der Waals surface area contributed by atoms with E-state index in [-0.39, 0.29) is 24.8 Å². The van der Waals surface area contributed by atoms with E-state index >= 15 is 0 Å². The number of halogens is 1. The molecular weight excluding hydrogens is 376 g/mol. The fourth-order valence-electron chi connectivity index (χ4n) is 2.95. The zero-order valence-corrected chi connectivity index (χ0v) is 17.1. The Labute approximate surface area is 172 Å². The third kappa shape index (κ3) is 8.75. The Morgan fingerprint density at radius 2 is 1.43 bits per heavy atom. The smallest absolute Gasteiger partial charge is 0.311 e. The summed E-state index contributed by atoms with van der Waals surface area (Å²) in [5.74, 6) is 0.672. The second kappa shape index (κ2) is 13.2. The lowest BCUT2D eigenvalue weighted by Gasteiger charge is -2.06. The number of carbonyl (C=O) groups is 2. The van der Waals surface area contributed by atoms with Crippen LogP contribution in [-0.2, 0) is 14.3 Å². The van der Waals surface area contributed by atoms with Crippen molar-refractivity contribution in [2.24, 2.45) is 0 Å². The van der Waals surface area contributed by atoms with E-state index in [2.05, 4.69) is 0 Å². The molecule has 0 heterocycles. The van der Waals surface area contributed by atoms with Gasteiger partial charge in [0, 0.05) is 18.7 Å². The molecule has 0 aliphatic rings. The van der Waals surface area contributed by atoms with E-state index in [9.17, 15) is 9.59 Å². The largest absolute Gasteiger partial charge is 0.466 e. The predicted octanol–water partition coefficient (Wildman–Crippen LogP) is 6.04. The molecule has 152 valence electrons. The Balaban J connectivity index is 1.54. The molecule has 0 aliphatic heterocycles. The van der Waals surface area contributed by atoms with E-state index in [4.69, 9.17) is 21.1 Å². The molecule has 2 aromatic rings. The number of rotatable bonds is 13. The van der Waals surface area contributed by atoms with Crippen LogP contribution in [0.25, 0.3) is 10.8 Å². The van der Waals surface area contributed by atoms with E-state index < -0.39 is 0 Å². The second-order valence-electron chi connectivity index (χ2n) is 6.87. The molecule has 0 aliphatic carbocycles. The van der Waals surface area contributed by atoms with E-state index in [0.29, 0.717) is 18.8 Å². The van der Waals surface area contributed by atoms with Crippen LogP contribution in [0.15, 0.2) is 42.5 Å². The molecule has 0 unspecified atom stereocenters. The molecule has 2 rings (SSSR count). The highest BCUT2D eigenvalue weighted by Gasteiger charge is 2.09. The van der Waals surface area contributed by atoms with Gasteiger partial charge in [0.1, 0.15) is 5.75 Å². The average Bonchev–Trinajstić information content (AvgIpc) is 2.70. The van der Waals surface area contributed by atoms with Gasteiger partial charge in [-0.05, 0) is 42.2 Å². The van der Waals surface area contributed by atoms with Gasteiger partial charge >= 0.3 is 11.9 Å². The molecule has 0 amide bonds. The number of unbranched alkanes of at least 4 members (excludes halogenated alkanes) is 5. The maximum atomic E-state index is 12.0. The monoisotopic (exact) mass is 404 g/mol. The molecule has 0 spiro atoms. The van der Waals surface area contributed by atoms with Crippen molar-refractivity contribution in [1.82, 2.24) is 0 Å². The Morgan fingerprint density at radius 1 is 0.750 bits per heavy atom. The number of hydrogen-bond donors (Lipinski definition) is 0. The van der Waals surface area contributed by atoms with Gasteiger partial charge in [0.2, 0.25) is 0 Å². The van der Waals surface area contributed by atoms with Gasteiger partial charge in [0.15, 0.2) is 0 Å². The molecular formula is C23H29ClO4. The molecule has 0 aromatic heterocycles. The van der Waals surface area contributed by atoms with Crippen molar-refractivity contribution < 1.29 is 19.1 Å². The van der Waals surface area contributed by atoms with Crippen molar-refractivity contribution in [2.75, 3.05) is 12.5 Å². The van der Waals surface area contributed by atoms with E-state index in [1.165, 1.54) is 12.8 Å². The van der Waals surface area contributed by atoms with Crippen LogP contribution in [0.1, 0.15) is 57.8 Å². The molecule has 0 saturated carbocycles. The fraction of sp³-hybridized carbons (Fsp3) is 0.478. The molecule has 5 heteroatoms. The summed E-state index contributed by atoms with van der Waals surface area (Å²) in [6.45, 7) is 0.454. The maximum Gasteiger partial charge on any atom is 0.311 e. The second-order valence-corrected chi connectivity index (χ2v) is 7.25. The Kier molecular flexibility index (Phi) is 10.4. The molecule has 0 bridgehead atoms. The highest BCUT2D eigenvalue weighted by Crippen LogP contribution is 2.21. The van der Waals surface area contributed by atoms with Crippen molar-refractivity contribution in [1.29, 1.82) is 0 Å². The summed E-state index contributed by atoms with van der Waals surface area (Å²) < 4.78 is 10.6. The van der Waals surface area contributed by atoms with Crippen LogP contribution in [0.4, 0.5) is 0 Å². The number of benzene rings is 2. The Hall–Kier alpha value is -2.07. The molecule has 0 N–H and O–H groups in total. The number of esters is 2. The van der Waals surface area contributed by atoms with Gasteiger partial charge in [-0.1, -0.05) is 56.0 Å². The first-order valence-electron chi connectivity index (χ1n) is 10.1. The highest BCUT2D eigenvalue weighted by atomic mass is 35.5. The lowest BCUT2D eigenvalue weighted by atomic mass is 10.1. The average molecular weight is 405 g/mol. The van der Waals surface area contributed by atoms with Crippen molar-refractivity contribution in [3.63, 3.8) is 0 Å². The Bertz CT molecular complexity index is 744. The lowest BCUT2D eigenvalue weighted by molar-refractivity contribution is -0.144. The van der Waals surface area contributed by atoms with Crippen LogP contribution in [0.5, 0.6) is 5.75 Å². The van der Waals surface area contributed by atoms with Crippen molar-refractivity contribution in [3.8, 4) is 5.75 Å². The minimum absolute atomic E-state index is 0.197. The van der Waals surface area contributed by atoms with E-state index in [0.717, 1.165) is 42.3 Å². The summed E-state index contributed by atoms with van der Waals surface area (Å²) in [6.07, 6.45) is 7.38. The summed E-state index contributed by atoms with van der Waals surface area (Å²) in [6, 6.07) is 13.4. The summed E-state index contributed by atoms with van der Waals surface area (Å²) >= 11 is 5.64. The third-order valence-electron chi connectivity index (χ3n) is 4.51. The number of alkyl halides is 1. The fourth-order valence-corrected chi connectivity index (χ4v) is 3.14. The van der Waals surface area contributed by atoms with Gasteiger partial charge in [0.05, 0.1) is 6.61 Å². The van der Waals surface area contributed by atoms with Gasteiger partial charge in [-0.15, -0.1) is 11.6 Å². The van der Waals surface area contributed by atoms with Crippen molar-refractivity contribution in [2.45, 2.75) is 57.8 Å². The quantitative estimate of drug-likeness (QED) is 0.177. The predicted molar refractivity (Wildman–Crippen MR) is 113 cm³/mol. The van der Waals surface area contributed by atoms with Crippen LogP contribution in [-0.4, -0.2) is 24.4 Å². The molecule has 0 saturated heterocycles. The van der Waals surface area contributed by atoms with Crippen LogP contribution < -0.4 is 4.74 Å². The van der Waals surface area contributed by atoms with Gasteiger partial charge in [-0.2, -0.15) is 0 Å². The maximum absolute atomic E-state index is 12.0. The zero-order chi connectivity index (χ0) is 20.0. The third-order valence-corrected chi connectivity index (χ3v) is 4.77. The first-order chi connectivity index (χ1) is 13.7. The number of ether oxygens (including phenoxy) is 2. The first-order valence-corrected chi connectivity index (χ1v) is 10.6. The SMILES string of the molecule is O=C(CCCC(=O)Oc1ccc2ccccc2c1)OCCCCCCCCCl. The van der Waals surface area contributed by atoms with Crippen molar-refractivity contribution in [3.05, 3.63) is 42.5 Å². The highest BCUT2D eigenvalue weighted by molar-refractivity contribution is 6.17. The lowest BCUT2D eigenvalue weighted by Crippen LogP contribution is -2.10. The van der Waals surface area contributed by atoms with Gasteiger partial charge < -0.3 is 9.47 Å². The molecule has 0 fully saturated rings. The van der Waals surface area contributed by atoms with Crippen molar-refractivity contribution >= 4 is 34.3 Å². The summed E-state index contributed by atoms with van der Waals surface area (Å²) in [7, 11) is 0. The van der Waals surface area contributed by atoms with Crippen LogP contribution in [0.2, 0.25) is 0 Å². The zero-order valence-electron chi connectivity index (χ0n) is 16.3. The number of hydrogen-bond acceptors (Lipinski definition) is 4. The van der Waals surface area contributed by atoms with E-state index in [1.807, 2.05) is 36.4 Å². The molecule has 0 atom stereocenters. The topological polar surface area (TPSA) is 52.6 Å². The van der Waals surface area contributed by atoms with Gasteiger partial charge in [-0.3, -0.25) is 9.59 Å². The molecule has 0 radical (unpaired) electrons. The summed E-state index contributed by atoms with van der Waals surface area (Å²) in [4.78, 5) is 23.7. The van der Waals surface area contributed by atoms with Gasteiger partial charge in [0.25, 0.3) is 0 Å². The first kappa shape index (κ1) is 22.2. The van der Waals surface area contributed by atoms with Crippen LogP contribution >= 0.6 is 11.6 Å². The van der Waals surface area contributed by atoms with Crippen LogP contribution in [0.3, 0.4) is 0 Å². The van der Waals surface area contributed by atoms with Crippen LogP contribution in [0, 0.1) is 0 Å². The number of fused-ring (bicyclic) bond motifs is 1. The van der Waals surface area contributed by atoms with Gasteiger partial charge in [-0.25, -0.2) is 0 Å². The standard InChI is InChI=1S/C23H29ClO4/c24-16-7-3-1-2-4-8-17-27-22(25)12-9-13-23(26)28-21-15-14-19-10-5-6-11-20(19)18-21/h5-6,10-11,14-15,18H,1-4,7-9,12-13,16-17H2. The molecule has 2 aromatic carbocycles. The molecule has 28 heavy (non-hydrogen) atoms. The normalized spacial score (nSPS) is 10.8. The minimum atomic E-state index is -0.333. The Morgan fingerprint density at radius 3 is 2.21 bits per heavy atom. The summed E-state index contributed by atoms with van der Waals surface area (Å²) in [5, 5.41) is 2.12. The summed E-state index contributed by atoms with van der Waals surface area (Å²) in [5.41, 5.74) is 0. The van der Waals surface area contributed by atoms with E-state index in [1.54, 1.807) is 6.07 Å².